The summed E-state index contributed by atoms with van der Waals surface area (Å²) in [6.45, 7) is 5.59. The van der Waals surface area contributed by atoms with Crippen LogP contribution in [-0.2, 0) is 16.0 Å². The van der Waals surface area contributed by atoms with E-state index in [4.69, 9.17) is 33.7 Å². The monoisotopic (exact) mass is 457 g/mol. The lowest BCUT2D eigenvalue weighted by Crippen LogP contribution is -2.17. The van der Waals surface area contributed by atoms with E-state index < -0.39 is 5.91 Å². The summed E-state index contributed by atoms with van der Waals surface area (Å²) in [5, 5.41) is 0.929. The Kier molecular flexibility index (Phi) is 6.93. The van der Waals surface area contributed by atoms with Crippen LogP contribution in [0.15, 0.2) is 36.4 Å². The van der Waals surface area contributed by atoms with E-state index in [1.54, 1.807) is 32.9 Å². The number of esters is 1. The molecule has 2 N–H and O–H groups in total. The number of nitrogens with two attached hydrogens (primary N) is 1. The van der Waals surface area contributed by atoms with Crippen molar-refractivity contribution < 1.29 is 14.3 Å². The van der Waals surface area contributed by atoms with E-state index in [0.29, 0.717) is 39.3 Å². The second-order valence-corrected chi connectivity index (χ2v) is 7.76. The number of hydrogen-bond acceptors (Lipinski definition) is 5. The lowest BCUT2D eigenvalue weighted by molar-refractivity contribution is -0.142. The van der Waals surface area contributed by atoms with Gasteiger partial charge < -0.3 is 10.5 Å². The van der Waals surface area contributed by atoms with Gasteiger partial charge in [0.25, 0.3) is 5.91 Å². The van der Waals surface area contributed by atoms with Gasteiger partial charge in [0.15, 0.2) is 0 Å². The lowest BCUT2D eigenvalue weighted by Gasteiger charge is -2.12. The smallest absolute Gasteiger partial charge is 0.310 e. The fourth-order valence-corrected chi connectivity index (χ4v) is 3.87. The third kappa shape index (κ3) is 5.03. The number of benzene rings is 2. The van der Waals surface area contributed by atoms with E-state index in [9.17, 15) is 9.59 Å². The Balaban J connectivity index is 1.96. The second-order valence-electron chi connectivity index (χ2n) is 6.95. The van der Waals surface area contributed by atoms with Crippen molar-refractivity contribution in [3.8, 4) is 22.4 Å². The number of aromatic nitrogens is 2. The Labute approximate surface area is 190 Å². The zero-order valence-corrected chi connectivity index (χ0v) is 18.8. The van der Waals surface area contributed by atoms with E-state index in [-0.39, 0.29) is 18.1 Å². The largest absolute Gasteiger partial charge is 0.466 e. The lowest BCUT2D eigenvalue weighted by atomic mass is 10.00. The van der Waals surface area contributed by atoms with Gasteiger partial charge in [0.05, 0.1) is 30.1 Å². The molecule has 1 amide bonds. The summed E-state index contributed by atoms with van der Waals surface area (Å²) in [5.41, 5.74) is 10.1. The SMILES string of the molecule is CCOC(=O)Cc1ccc(-c2ccc(-c3nc(C(N)=O)c(C)nc3C)cc2Cl)c(Cl)c1. The van der Waals surface area contributed by atoms with E-state index in [0.717, 1.165) is 16.7 Å². The number of halogens is 2. The summed E-state index contributed by atoms with van der Waals surface area (Å²) >= 11 is 13.0. The molecule has 1 heterocycles. The maximum absolute atomic E-state index is 11.7. The quantitative estimate of drug-likeness (QED) is 0.528. The van der Waals surface area contributed by atoms with Gasteiger partial charge in [-0.3, -0.25) is 14.6 Å². The highest BCUT2D eigenvalue weighted by atomic mass is 35.5. The van der Waals surface area contributed by atoms with Crippen LogP contribution in [0, 0.1) is 13.8 Å². The number of hydrogen-bond donors (Lipinski definition) is 1. The Morgan fingerprint density at radius 2 is 1.61 bits per heavy atom. The highest BCUT2D eigenvalue weighted by Crippen LogP contribution is 2.36. The minimum atomic E-state index is -0.636. The summed E-state index contributed by atoms with van der Waals surface area (Å²) in [7, 11) is 0. The molecule has 0 saturated carbocycles. The number of ether oxygens (including phenoxy) is 1. The van der Waals surface area contributed by atoms with Gasteiger partial charge in [0, 0.05) is 26.7 Å². The fourth-order valence-electron chi connectivity index (χ4n) is 3.28. The number of aryl methyl sites for hydroxylation is 2. The molecule has 8 heteroatoms. The molecule has 0 unspecified atom stereocenters. The van der Waals surface area contributed by atoms with Gasteiger partial charge in [0.2, 0.25) is 0 Å². The van der Waals surface area contributed by atoms with Crippen LogP contribution >= 0.6 is 23.2 Å². The van der Waals surface area contributed by atoms with Crippen LogP contribution < -0.4 is 5.73 Å². The normalized spacial score (nSPS) is 10.7. The number of carbonyl (C=O) groups excluding carboxylic acids is 2. The third-order valence-corrected chi connectivity index (χ3v) is 5.32. The molecule has 0 spiro atoms. The van der Waals surface area contributed by atoms with Crippen LogP contribution in [0.25, 0.3) is 22.4 Å². The van der Waals surface area contributed by atoms with Crippen LogP contribution in [0.4, 0.5) is 0 Å². The number of amides is 1. The highest BCUT2D eigenvalue weighted by molar-refractivity contribution is 6.36. The molecule has 2 aromatic carbocycles. The minimum Gasteiger partial charge on any atom is -0.466 e. The van der Waals surface area contributed by atoms with Gasteiger partial charge >= 0.3 is 5.97 Å². The molecule has 0 aliphatic rings. The molecular formula is C23H21Cl2N3O3. The molecule has 3 rings (SSSR count). The zero-order valence-electron chi connectivity index (χ0n) is 17.3. The molecule has 1 aromatic heterocycles. The first-order valence-corrected chi connectivity index (χ1v) is 10.4. The predicted molar refractivity (Wildman–Crippen MR) is 121 cm³/mol. The van der Waals surface area contributed by atoms with Crippen LogP contribution in [0.3, 0.4) is 0 Å². The summed E-state index contributed by atoms with van der Waals surface area (Å²) in [5.74, 6) is -0.942. The molecule has 3 aromatic rings. The van der Waals surface area contributed by atoms with Crippen molar-refractivity contribution in [3.63, 3.8) is 0 Å². The van der Waals surface area contributed by atoms with Crippen LogP contribution in [0.2, 0.25) is 10.0 Å². The topological polar surface area (TPSA) is 95.2 Å². The van der Waals surface area contributed by atoms with Crippen molar-refractivity contribution in [2.45, 2.75) is 27.2 Å². The van der Waals surface area contributed by atoms with Crippen molar-refractivity contribution in [3.05, 3.63) is 69.1 Å². The number of rotatable bonds is 6. The predicted octanol–water partition coefficient (Wildman–Crippen LogP) is 4.94. The summed E-state index contributed by atoms with van der Waals surface area (Å²) in [6, 6.07) is 10.8. The molecule has 0 bridgehead atoms. The number of primary amides is 1. The van der Waals surface area contributed by atoms with Gasteiger partial charge in [0.1, 0.15) is 5.69 Å². The average Bonchev–Trinajstić information content (AvgIpc) is 2.68. The van der Waals surface area contributed by atoms with E-state index >= 15 is 0 Å². The van der Waals surface area contributed by atoms with Crippen molar-refractivity contribution in [1.29, 1.82) is 0 Å². The standard InChI is InChI=1S/C23H21Cl2N3O3/c1-4-31-20(29)10-14-5-7-16(18(24)9-14)17-8-6-15(11-19(17)25)21-12(2)27-13(3)22(28-21)23(26)30/h5-9,11H,4,10H2,1-3H3,(H2,26,30). The first-order valence-electron chi connectivity index (χ1n) is 9.60. The third-order valence-electron chi connectivity index (χ3n) is 4.70. The van der Waals surface area contributed by atoms with Gasteiger partial charge in [-0.25, -0.2) is 4.98 Å². The van der Waals surface area contributed by atoms with Crippen LogP contribution in [0.5, 0.6) is 0 Å². The van der Waals surface area contributed by atoms with E-state index in [1.807, 2.05) is 24.3 Å². The molecule has 0 atom stereocenters. The van der Waals surface area contributed by atoms with E-state index in [1.165, 1.54) is 0 Å². The van der Waals surface area contributed by atoms with Gasteiger partial charge in [-0.2, -0.15) is 0 Å². The first-order chi connectivity index (χ1) is 14.7. The average molecular weight is 458 g/mol. The Morgan fingerprint density at radius 3 is 2.19 bits per heavy atom. The summed E-state index contributed by atoms with van der Waals surface area (Å²) in [4.78, 5) is 32.1. The molecule has 6 nitrogen and oxygen atoms in total. The van der Waals surface area contributed by atoms with Crippen molar-refractivity contribution in [2.75, 3.05) is 6.61 Å². The van der Waals surface area contributed by atoms with Crippen molar-refractivity contribution in [2.24, 2.45) is 5.73 Å². The first kappa shape index (κ1) is 22.7. The molecule has 0 radical (unpaired) electrons. The summed E-state index contributed by atoms with van der Waals surface area (Å²) < 4.78 is 4.97. The van der Waals surface area contributed by atoms with E-state index in [2.05, 4.69) is 9.97 Å². The Bertz CT molecular complexity index is 1180. The minimum absolute atomic E-state index is 0.126. The van der Waals surface area contributed by atoms with Crippen LogP contribution in [-0.4, -0.2) is 28.5 Å². The molecule has 160 valence electrons. The second kappa shape index (κ2) is 9.45. The Hall–Kier alpha value is -2.96. The zero-order chi connectivity index (χ0) is 22.7. The molecule has 31 heavy (non-hydrogen) atoms. The number of nitrogens with zero attached hydrogens (tertiary/aromatic N) is 2. The Morgan fingerprint density at radius 1 is 0.968 bits per heavy atom. The molecular weight excluding hydrogens is 437 g/mol. The molecule has 0 fully saturated rings. The maximum Gasteiger partial charge on any atom is 0.310 e. The molecule has 0 saturated heterocycles. The fraction of sp³-hybridized carbons (Fsp3) is 0.217. The molecule has 0 aliphatic heterocycles. The van der Waals surface area contributed by atoms with Gasteiger partial charge in [-0.15, -0.1) is 0 Å². The summed E-state index contributed by atoms with van der Waals surface area (Å²) in [6.07, 6.45) is 0.147. The molecule has 0 aliphatic carbocycles. The van der Waals surface area contributed by atoms with Gasteiger partial charge in [-0.05, 0) is 38.5 Å². The van der Waals surface area contributed by atoms with Crippen molar-refractivity contribution in [1.82, 2.24) is 9.97 Å². The maximum atomic E-state index is 11.7. The number of carbonyl (C=O) groups is 2. The van der Waals surface area contributed by atoms with Gasteiger partial charge in [-0.1, -0.05) is 47.5 Å². The van der Waals surface area contributed by atoms with Crippen molar-refractivity contribution >= 4 is 35.1 Å². The van der Waals surface area contributed by atoms with Crippen LogP contribution in [0.1, 0.15) is 34.4 Å². The highest BCUT2D eigenvalue weighted by Gasteiger charge is 2.16.